The molecule has 0 atom stereocenters. The summed E-state index contributed by atoms with van der Waals surface area (Å²) >= 11 is 2.47. The first-order valence-electron chi connectivity index (χ1n) is 13.2. The number of sulfonamides is 1. The van der Waals surface area contributed by atoms with Crippen LogP contribution in [0.5, 0.6) is 5.75 Å². The van der Waals surface area contributed by atoms with Gasteiger partial charge in [0.25, 0.3) is 5.56 Å². The van der Waals surface area contributed by atoms with Crippen LogP contribution in [0, 0.1) is 0 Å². The molecule has 0 bridgehead atoms. The van der Waals surface area contributed by atoms with Crippen molar-refractivity contribution in [3.05, 3.63) is 75.9 Å². The van der Waals surface area contributed by atoms with Crippen molar-refractivity contribution in [3.63, 3.8) is 0 Å². The second kappa shape index (κ2) is 14.4. The number of nitrogens with zero attached hydrogens (tertiary/aromatic N) is 2. The van der Waals surface area contributed by atoms with Crippen molar-refractivity contribution in [2.24, 2.45) is 5.14 Å². The van der Waals surface area contributed by atoms with Gasteiger partial charge in [0.05, 0.1) is 22.8 Å². The number of rotatable bonds is 14. The summed E-state index contributed by atoms with van der Waals surface area (Å²) in [6, 6.07) is 15.0. The molecule has 0 aliphatic carbocycles. The van der Waals surface area contributed by atoms with Crippen LogP contribution in [0.1, 0.15) is 25.3 Å². The Hall–Kier alpha value is -3.72. The number of amides is 2. The van der Waals surface area contributed by atoms with E-state index in [1.165, 1.54) is 28.0 Å². The molecule has 4 rings (SSSR count). The van der Waals surface area contributed by atoms with Crippen LogP contribution < -0.4 is 26.1 Å². The maximum absolute atomic E-state index is 13.2. The molecule has 4 aromatic rings. The van der Waals surface area contributed by atoms with Crippen molar-refractivity contribution in [1.29, 1.82) is 0 Å². The number of benzene rings is 2. The minimum Gasteiger partial charge on any atom is -0.494 e. The van der Waals surface area contributed by atoms with Crippen LogP contribution >= 0.6 is 23.1 Å². The Morgan fingerprint density at radius 1 is 1.07 bits per heavy atom. The average molecular weight is 630 g/mol. The average Bonchev–Trinajstić information content (AvgIpc) is 3.43. The summed E-state index contributed by atoms with van der Waals surface area (Å²) in [5, 5.41) is 13.0. The van der Waals surface area contributed by atoms with Crippen LogP contribution in [0.4, 0.5) is 5.69 Å². The van der Waals surface area contributed by atoms with E-state index in [1.54, 1.807) is 47.8 Å². The van der Waals surface area contributed by atoms with Gasteiger partial charge >= 0.3 is 0 Å². The molecule has 0 saturated carbocycles. The van der Waals surface area contributed by atoms with Crippen LogP contribution in [0.25, 0.3) is 10.2 Å². The lowest BCUT2D eigenvalue weighted by Gasteiger charge is -2.12. The third-order valence-corrected chi connectivity index (χ3v) is 8.88. The van der Waals surface area contributed by atoms with E-state index in [2.05, 4.69) is 15.6 Å². The number of aromatic nitrogens is 2. The molecule has 0 radical (unpaired) electrons. The van der Waals surface area contributed by atoms with Crippen molar-refractivity contribution in [1.82, 2.24) is 14.9 Å². The summed E-state index contributed by atoms with van der Waals surface area (Å²) in [4.78, 5) is 42.9. The number of thioether (sulfide) groups is 1. The zero-order valence-corrected chi connectivity index (χ0v) is 25.3. The van der Waals surface area contributed by atoms with Gasteiger partial charge in [0.2, 0.25) is 21.8 Å². The van der Waals surface area contributed by atoms with Gasteiger partial charge in [-0.25, -0.2) is 18.5 Å². The second-order valence-corrected chi connectivity index (χ2v) is 12.6. The molecule has 0 aliphatic rings. The number of carbonyl (C=O) groups excluding carboxylic acids is 2. The largest absolute Gasteiger partial charge is 0.494 e. The highest BCUT2D eigenvalue weighted by Gasteiger charge is 2.15. The first kappa shape index (κ1) is 31.2. The maximum atomic E-state index is 13.2. The van der Waals surface area contributed by atoms with Crippen molar-refractivity contribution in [2.75, 3.05) is 24.2 Å². The third-order valence-electron chi connectivity index (χ3n) is 6.09. The number of primary sulfonamides is 1. The van der Waals surface area contributed by atoms with Gasteiger partial charge in [-0.2, -0.15) is 0 Å². The van der Waals surface area contributed by atoms with Crippen molar-refractivity contribution in [2.45, 2.75) is 42.8 Å². The predicted molar refractivity (Wildman–Crippen MR) is 165 cm³/mol. The highest BCUT2D eigenvalue weighted by atomic mass is 32.2. The number of nitrogens with two attached hydrogens (primary N) is 1. The number of fused-ring (bicyclic) bond motifs is 1. The molecule has 0 unspecified atom stereocenters. The third kappa shape index (κ3) is 8.64. The molecule has 2 aromatic heterocycles. The van der Waals surface area contributed by atoms with Gasteiger partial charge in [-0.15, -0.1) is 11.3 Å². The molecule has 4 N–H and O–H groups in total. The highest BCUT2D eigenvalue weighted by Crippen LogP contribution is 2.22. The quantitative estimate of drug-likeness (QED) is 0.141. The lowest BCUT2D eigenvalue weighted by Crippen LogP contribution is -2.27. The number of nitrogens with one attached hydrogen (secondary N) is 2. The van der Waals surface area contributed by atoms with Crippen molar-refractivity contribution >= 4 is 60.8 Å². The number of hydrogen-bond donors (Lipinski definition) is 3. The van der Waals surface area contributed by atoms with E-state index in [9.17, 15) is 22.8 Å². The molecular weight excluding hydrogens is 599 g/mol. The number of ether oxygens (including phenoxy) is 1. The minimum atomic E-state index is -3.75. The first-order valence-corrected chi connectivity index (χ1v) is 16.6. The van der Waals surface area contributed by atoms with Crippen molar-refractivity contribution in [3.8, 4) is 5.75 Å². The van der Waals surface area contributed by atoms with Crippen LogP contribution in [-0.4, -0.2) is 48.7 Å². The fraction of sp³-hybridized carbons (Fsp3) is 0.286. The Kier molecular flexibility index (Phi) is 10.7. The second-order valence-electron chi connectivity index (χ2n) is 9.17. The summed E-state index contributed by atoms with van der Waals surface area (Å²) < 4.78 is 30.2. The van der Waals surface area contributed by atoms with Crippen LogP contribution in [-0.2, 0) is 32.6 Å². The van der Waals surface area contributed by atoms with Gasteiger partial charge in [-0.3, -0.25) is 19.0 Å². The number of anilines is 1. The Morgan fingerprint density at radius 2 is 1.81 bits per heavy atom. The van der Waals surface area contributed by atoms with E-state index in [-0.39, 0.29) is 41.0 Å². The standard InChI is InChI=1S/C28H31N5O6S3/c1-2-39-21-9-7-20(8-10-21)31-25(35)18-41-28-32-23-14-17-40-26(23)27(36)33(28)16-3-4-24(34)30-15-13-19-5-11-22(12-6-19)42(29,37)38/h5-12,14,17H,2-4,13,15-16,18H2,1H3,(H,30,34)(H,31,35)(H2,29,37,38). The topological polar surface area (TPSA) is 162 Å². The molecule has 11 nitrogen and oxygen atoms in total. The monoisotopic (exact) mass is 629 g/mol. The summed E-state index contributed by atoms with van der Waals surface area (Å²) in [6.07, 6.45) is 1.12. The first-order chi connectivity index (χ1) is 20.1. The fourth-order valence-electron chi connectivity index (χ4n) is 4.04. The van der Waals surface area contributed by atoms with Gasteiger partial charge < -0.3 is 15.4 Å². The number of hydrogen-bond acceptors (Lipinski definition) is 9. The molecule has 14 heteroatoms. The Balaban J connectivity index is 1.30. The zero-order valence-electron chi connectivity index (χ0n) is 22.9. The molecule has 0 spiro atoms. The van der Waals surface area contributed by atoms with E-state index >= 15 is 0 Å². The van der Waals surface area contributed by atoms with E-state index in [4.69, 9.17) is 9.88 Å². The highest BCUT2D eigenvalue weighted by molar-refractivity contribution is 7.99. The normalized spacial score (nSPS) is 11.4. The van der Waals surface area contributed by atoms with Gasteiger partial charge in [0.1, 0.15) is 10.4 Å². The van der Waals surface area contributed by atoms with Crippen LogP contribution in [0.2, 0.25) is 0 Å². The maximum Gasteiger partial charge on any atom is 0.272 e. The van der Waals surface area contributed by atoms with E-state index in [0.717, 1.165) is 17.3 Å². The molecule has 2 heterocycles. The van der Waals surface area contributed by atoms with Gasteiger partial charge in [-0.05, 0) is 73.2 Å². The van der Waals surface area contributed by atoms with Crippen LogP contribution in [0.15, 0.2) is 74.8 Å². The lowest BCUT2D eigenvalue weighted by molar-refractivity contribution is -0.121. The summed E-state index contributed by atoms with van der Waals surface area (Å²) in [5.41, 5.74) is 1.87. The van der Waals surface area contributed by atoms with Gasteiger partial charge in [-0.1, -0.05) is 23.9 Å². The Bertz CT molecular complexity index is 1700. The van der Waals surface area contributed by atoms with E-state index in [0.29, 0.717) is 52.8 Å². The summed E-state index contributed by atoms with van der Waals surface area (Å²) in [7, 11) is -3.75. The minimum absolute atomic E-state index is 0.0338. The molecule has 2 amide bonds. The summed E-state index contributed by atoms with van der Waals surface area (Å²) in [6.45, 7) is 3.10. The van der Waals surface area contributed by atoms with Crippen molar-refractivity contribution < 1.29 is 22.7 Å². The van der Waals surface area contributed by atoms with E-state index in [1.807, 2.05) is 6.92 Å². The SMILES string of the molecule is CCOc1ccc(NC(=O)CSc2nc3ccsc3c(=O)n2CCCC(=O)NCCc2ccc(S(N)(=O)=O)cc2)cc1. The zero-order chi connectivity index (χ0) is 30.1. The smallest absolute Gasteiger partial charge is 0.272 e. The lowest BCUT2D eigenvalue weighted by atomic mass is 10.1. The summed E-state index contributed by atoms with van der Waals surface area (Å²) in [5.74, 6) is 0.355. The Morgan fingerprint density at radius 3 is 2.50 bits per heavy atom. The number of thiophene rings is 1. The van der Waals surface area contributed by atoms with Gasteiger partial charge in [0, 0.05) is 25.2 Å². The predicted octanol–water partition coefficient (Wildman–Crippen LogP) is 3.37. The van der Waals surface area contributed by atoms with E-state index < -0.39 is 10.0 Å². The molecular formula is C28H31N5O6S3. The molecule has 0 saturated heterocycles. The molecule has 222 valence electrons. The molecule has 0 aliphatic heterocycles. The van der Waals surface area contributed by atoms with Crippen LogP contribution in [0.3, 0.4) is 0 Å². The molecule has 0 fully saturated rings. The van der Waals surface area contributed by atoms with Gasteiger partial charge in [0.15, 0.2) is 5.16 Å². The molecule has 42 heavy (non-hydrogen) atoms. The Labute approximate surface area is 251 Å². The number of carbonyl (C=O) groups is 2. The molecule has 2 aromatic carbocycles. The fourth-order valence-corrected chi connectivity index (χ4v) is 6.16.